The van der Waals surface area contributed by atoms with E-state index in [-0.39, 0.29) is 0 Å². The van der Waals surface area contributed by atoms with E-state index < -0.39 is 17.4 Å². The second-order valence-electron chi connectivity index (χ2n) is 4.14. The summed E-state index contributed by atoms with van der Waals surface area (Å²) in [6, 6.07) is 2.30. The molecule has 1 rings (SSSR count). The van der Waals surface area contributed by atoms with Gasteiger partial charge in [-0.3, -0.25) is 0 Å². The predicted octanol–water partition coefficient (Wildman–Crippen LogP) is 3.29. The van der Waals surface area contributed by atoms with E-state index in [0.717, 1.165) is 31.5 Å². The fourth-order valence-electron chi connectivity index (χ4n) is 1.63. The van der Waals surface area contributed by atoms with Gasteiger partial charge in [-0.2, -0.15) is 11.8 Å². The Bertz CT molecular complexity index is 351. The molecule has 2 N–H and O–H groups in total. The number of hydrogen-bond donors (Lipinski definition) is 2. The molecular formula is C13H19F2NOS. The third-order valence-electron chi connectivity index (χ3n) is 2.61. The fourth-order valence-corrected chi connectivity index (χ4v) is 2.12. The number of phenols is 1. The molecule has 102 valence electrons. The number of nitrogens with one attached hydrogen (secondary N) is 1. The van der Waals surface area contributed by atoms with Gasteiger partial charge in [0, 0.05) is 6.54 Å². The van der Waals surface area contributed by atoms with Gasteiger partial charge in [-0.15, -0.1) is 0 Å². The lowest BCUT2D eigenvalue weighted by Crippen LogP contribution is -2.15. The maximum Gasteiger partial charge on any atom is 0.187 e. The molecule has 0 aliphatic carbocycles. The van der Waals surface area contributed by atoms with Gasteiger partial charge >= 0.3 is 0 Å². The lowest BCUT2D eigenvalue weighted by Gasteiger charge is -2.06. The van der Waals surface area contributed by atoms with Crippen molar-refractivity contribution in [2.24, 2.45) is 0 Å². The molecule has 0 amide bonds. The molecule has 0 aliphatic heterocycles. The first-order chi connectivity index (χ1) is 8.65. The van der Waals surface area contributed by atoms with Crippen LogP contribution in [0.1, 0.15) is 24.8 Å². The summed E-state index contributed by atoms with van der Waals surface area (Å²) in [5, 5.41) is 12.1. The number of phenolic OH excluding ortho intramolecular Hbond substituents is 1. The van der Waals surface area contributed by atoms with Crippen LogP contribution in [0.3, 0.4) is 0 Å². The predicted molar refractivity (Wildman–Crippen MR) is 72.0 cm³/mol. The number of benzene rings is 1. The van der Waals surface area contributed by atoms with Crippen LogP contribution in [0.4, 0.5) is 8.78 Å². The lowest BCUT2D eigenvalue weighted by atomic mass is 10.2. The highest BCUT2D eigenvalue weighted by molar-refractivity contribution is 7.98. The average molecular weight is 275 g/mol. The molecule has 0 unspecified atom stereocenters. The molecule has 0 saturated carbocycles. The first kappa shape index (κ1) is 15.2. The minimum atomic E-state index is -0.910. The van der Waals surface area contributed by atoms with Gasteiger partial charge in [0.25, 0.3) is 0 Å². The molecule has 0 heterocycles. The van der Waals surface area contributed by atoms with Crippen molar-refractivity contribution in [3.05, 3.63) is 29.3 Å². The van der Waals surface area contributed by atoms with Crippen LogP contribution in [0.15, 0.2) is 12.1 Å². The van der Waals surface area contributed by atoms with Gasteiger partial charge in [-0.25, -0.2) is 8.78 Å². The van der Waals surface area contributed by atoms with Gasteiger partial charge < -0.3 is 10.4 Å². The largest absolute Gasteiger partial charge is 0.503 e. The quantitative estimate of drug-likeness (QED) is 0.714. The van der Waals surface area contributed by atoms with E-state index in [0.29, 0.717) is 12.1 Å². The van der Waals surface area contributed by atoms with Crippen LogP contribution >= 0.6 is 11.8 Å². The minimum Gasteiger partial charge on any atom is -0.503 e. The van der Waals surface area contributed by atoms with Crippen LogP contribution in [-0.2, 0) is 6.54 Å². The standard InChI is InChI=1S/C13H19F2NOS/c1-18-6-4-2-3-5-16-9-10-7-11(14)13(17)12(15)8-10/h7-8,16-17H,2-6,9H2,1H3. The van der Waals surface area contributed by atoms with Crippen molar-refractivity contribution in [2.75, 3.05) is 18.6 Å². The summed E-state index contributed by atoms with van der Waals surface area (Å²) in [6.45, 7) is 1.25. The Hall–Kier alpha value is -0.810. The van der Waals surface area contributed by atoms with Crippen LogP contribution in [-0.4, -0.2) is 23.7 Å². The van der Waals surface area contributed by atoms with Crippen LogP contribution in [0.2, 0.25) is 0 Å². The molecule has 0 bridgehead atoms. The molecule has 0 radical (unpaired) electrons. The van der Waals surface area contributed by atoms with E-state index in [1.54, 1.807) is 0 Å². The molecule has 2 nitrogen and oxygen atoms in total. The van der Waals surface area contributed by atoms with Crippen LogP contribution in [0, 0.1) is 11.6 Å². The average Bonchev–Trinajstić information content (AvgIpc) is 2.34. The lowest BCUT2D eigenvalue weighted by molar-refractivity contribution is 0.395. The summed E-state index contributed by atoms with van der Waals surface area (Å²) >= 11 is 1.84. The fraction of sp³-hybridized carbons (Fsp3) is 0.538. The summed E-state index contributed by atoms with van der Waals surface area (Å²) in [5.74, 6) is -1.55. The van der Waals surface area contributed by atoms with Crippen molar-refractivity contribution in [1.82, 2.24) is 5.32 Å². The highest BCUT2D eigenvalue weighted by Gasteiger charge is 2.08. The van der Waals surface area contributed by atoms with E-state index in [1.807, 2.05) is 11.8 Å². The van der Waals surface area contributed by atoms with Crippen molar-refractivity contribution in [3.63, 3.8) is 0 Å². The molecule has 0 atom stereocenters. The minimum absolute atomic E-state index is 0.413. The highest BCUT2D eigenvalue weighted by atomic mass is 32.2. The molecule has 0 spiro atoms. The number of unbranched alkanes of at least 4 members (excludes halogenated alkanes) is 2. The van der Waals surface area contributed by atoms with Crippen molar-refractivity contribution in [2.45, 2.75) is 25.8 Å². The zero-order valence-corrected chi connectivity index (χ0v) is 11.3. The molecule has 0 fully saturated rings. The van der Waals surface area contributed by atoms with Gasteiger partial charge in [0.15, 0.2) is 17.4 Å². The topological polar surface area (TPSA) is 32.3 Å². The zero-order valence-electron chi connectivity index (χ0n) is 10.5. The van der Waals surface area contributed by atoms with Crippen molar-refractivity contribution in [3.8, 4) is 5.75 Å². The van der Waals surface area contributed by atoms with Crippen molar-refractivity contribution in [1.29, 1.82) is 0 Å². The Morgan fingerprint density at radius 3 is 2.44 bits per heavy atom. The van der Waals surface area contributed by atoms with Crippen molar-refractivity contribution >= 4 is 11.8 Å². The zero-order chi connectivity index (χ0) is 13.4. The van der Waals surface area contributed by atoms with Gasteiger partial charge in [0.1, 0.15) is 0 Å². The van der Waals surface area contributed by atoms with Gasteiger partial charge in [0.2, 0.25) is 0 Å². The van der Waals surface area contributed by atoms with E-state index >= 15 is 0 Å². The maximum atomic E-state index is 13.0. The molecule has 1 aromatic rings. The summed E-state index contributed by atoms with van der Waals surface area (Å²) in [6.07, 6.45) is 5.51. The Balaban J connectivity index is 2.23. The maximum absolute atomic E-state index is 13.0. The van der Waals surface area contributed by atoms with Crippen LogP contribution in [0.5, 0.6) is 5.75 Å². The number of hydrogen-bond acceptors (Lipinski definition) is 3. The molecule has 18 heavy (non-hydrogen) atoms. The second kappa shape index (κ2) is 8.32. The molecule has 5 heteroatoms. The van der Waals surface area contributed by atoms with Gasteiger partial charge in [-0.1, -0.05) is 6.42 Å². The normalized spacial score (nSPS) is 10.8. The Kier molecular flexibility index (Phi) is 7.05. The van der Waals surface area contributed by atoms with Crippen LogP contribution < -0.4 is 5.32 Å². The van der Waals surface area contributed by atoms with E-state index in [1.165, 1.54) is 12.2 Å². The van der Waals surface area contributed by atoms with Crippen LogP contribution in [0.25, 0.3) is 0 Å². The van der Waals surface area contributed by atoms with Gasteiger partial charge in [-0.05, 0) is 49.1 Å². The van der Waals surface area contributed by atoms with E-state index in [2.05, 4.69) is 11.6 Å². The molecule has 0 aliphatic rings. The number of aromatic hydroxyl groups is 1. The summed E-state index contributed by atoms with van der Waals surface area (Å²) in [7, 11) is 0. The molecule has 0 aromatic heterocycles. The third kappa shape index (κ3) is 5.23. The Morgan fingerprint density at radius 2 is 1.83 bits per heavy atom. The summed E-state index contributed by atoms with van der Waals surface area (Å²) < 4.78 is 26.1. The monoisotopic (exact) mass is 275 g/mol. The SMILES string of the molecule is CSCCCCCNCc1cc(F)c(O)c(F)c1. The summed E-state index contributed by atoms with van der Waals surface area (Å²) in [5.41, 5.74) is 0.506. The number of thioether (sulfide) groups is 1. The number of halogens is 2. The highest BCUT2D eigenvalue weighted by Crippen LogP contribution is 2.21. The van der Waals surface area contributed by atoms with Gasteiger partial charge in [0.05, 0.1) is 0 Å². The summed E-state index contributed by atoms with van der Waals surface area (Å²) in [4.78, 5) is 0. The van der Waals surface area contributed by atoms with E-state index in [9.17, 15) is 8.78 Å². The Morgan fingerprint density at radius 1 is 1.17 bits per heavy atom. The third-order valence-corrected chi connectivity index (χ3v) is 3.30. The first-order valence-corrected chi connectivity index (χ1v) is 7.41. The number of rotatable bonds is 8. The molecule has 0 saturated heterocycles. The van der Waals surface area contributed by atoms with Crippen molar-refractivity contribution < 1.29 is 13.9 Å². The second-order valence-corrected chi connectivity index (χ2v) is 5.12. The van der Waals surface area contributed by atoms with E-state index in [4.69, 9.17) is 5.11 Å². The molecular weight excluding hydrogens is 256 g/mol. The first-order valence-electron chi connectivity index (χ1n) is 6.01. The Labute approximate surface area is 111 Å². The molecule has 1 aromatic carbocycles. The smallest absolute Gasteiger partial charge is 0.187 e.